The van der Waals surface area contributed by atoms with Crippen LogP contribution in [0.4, 0.5) is 21.9 Å². The molecule has 1 aromatic heterocycles. The molecule has 7 heteroatoms. The molecule has 2 N–H and O–H groups in total. The third-order valence-electron chi connectivity index (χ3n) is 4.95. The van der Waals surface area contributed by atoms with Crippen LogP contribution in [0.3, 0.4) is 0 Å². The van der Waals surface area contributed by atoms with Crippen molar-refractivity contribution < 1.29 is 9.59 Å². The summed E-state index contributed by atoms with van der Waals surface area (Å²) in [5.74, 6) is -0.146. The third kappa shape index (κ3) is 4.29. The topological polar surface area (TPSA) is 77.6 Å². The van der Waals surface area contributed by atoms with Crippen molar-refractivity contribution in [2.75, 3.05) is 41.7 Å². The molecule has 1 saturated heterocycles. The first-order valence-electron chi connectivity index (χ1n) is 9.62. The molecule has 29 heavy (non-hydrogen) atoms. The number of carbonyl (C=O) groups is 2. The van der Waals surface area contributed by atoms with E-state index in [1.807, 2.05) is 18.3 Å². The number of amides is 3. The Kier molecular flexibility index (Phi) is 5.29. The fraction of sp³-hybridized carbons (Fsp3) is 0.227. The van der Waals surface area contributed by atoms with Gasteiger partial charge in [0.1, 0.15) is 0 Å². The van der Waals surface area contributed by atoms with E-state index in [1.165, 1.54) is 6.92 Å². The van der Waals surface area contributed by atoms with E-state index in [1.54, 1.807) is 29.2 Å². The zero-order chi connectivity index (χ0) is 20.2. The number of urea groups is 1. The number of pyridine rings is 1. The molecular weight excluding hydrogens is 366 g/mol. The Labute approximate surface area is 169 Å². The van der Waals surface area contributed by atoms with E-state index < -0.39 is 0 Å². The number of piperazine rings is 1. The largest absolute Gasteiger partial charge is 0.366 e. The highest BCUT2D eigenvalue weighted by atomic mass is 16.2. The minimum Gasteiger partial charge on any atom is -0.366 e. The van der Waals surface area contributed by atoms with Crippen LogP contribution in [0.15, 0.2) is 60.8 Å². The number of rotatable bonds is 3. The van der Waals surface area contributed by atoms with E-state index in [2.05, 4.69) is 38.7 Å². The van der Waals surface area contributed by atoms with Gasteiger partial charge < -0.3 is 20.4 Å². The number of aromatic nitrogens is 1. The Hall–Kier alpha value is -3.61. The van der Waals surface area contributed by atoms with Crippen molar-refractivity contribution in [1.29, 1.82) is 0 Å². The van der Waals surface area contributed by atoms with Gasteiger partial charge in [0.15, 0.2) is 0 Å². The third-order valence-corrected chi connectivity index (χ3v) is 4.95. The SMILES string of the molecule is CC(=O)Nc1cccc(NC(=O)N2CCN(c3cccc4cccnc34)CC2)c1. The van der Waals surface area contributed by atoms with E-state index in [0.29, 0.717) is 24.5 Å². The Bertz CT molecular complexity index is 1040. The molecule has 2 aromatic carbocycles. The standard InChI is InChI=1S/C22H23N5O2/c1-16(28)24-18-7-3-8-19(15-18)25-22(29)27-13-11-26(12-14-27)20-9-2-5-17-6-4-10-23-21(17)20/h2-10,15H,11-14H2,1H3,(H,24,28)(H,25,29). The van der Waals surface area contributed by atoms with Gasteiger partial charge in [0.2, 0.25) is 5.91 Å². The summed E-state index contributed by atoms with van der Waals surface area (Å²) in [4.78, 5) is 32.5. The van der Waals surface area contributed by atoms with Crippen molar-refractivity contribution in [3.05, 3.63) is 60.8 Å². The van der Waals surface area contributed by atoms with Crippen LogP contribution in [-0.2, 0) is 4.79 Å². The molecule has 0 atom stereocenters. The van der Waals surface area contributed by atoms with Crippen LogP contribution in [-0.4, -0.2) is 48.0 Å². The van der Waals surface area contributed by atoms with Gasteiger partial charge in [-0.1, -0.05) is 24.3 Å². The molecule has 0 spiro atoms. The number of hydrogen-bond acceptors (Lipinski definition) is 4. The Morgan fingerprint density at radius 2 is 1.59 bits per heavy atom. The van der Waals surface area contributed by atoms with Crippen LogP contribution < -0.4 is 15.5 Å². The molecule has 4 rings (SSSR count). The molecule has 2 heterocycles. The van der Waals surface area contributed by atoms with Crippen molar-refractivity contribution in [2.45, 2.75) is 6.92 Å². The van der Waals surface area contributed by atoms with Gasteiger partial charge in [-0.15, -0.1) is 0 Å². The molecule has 148 valence electrons. The maximum atomic E-state index is 12.7. The van der Waals surface area contributed by atoms with E-state index in [0.717, 1.165) is 29.7 Å². The highest BCUT2D eigenvalue weighted by Crippen LogP contribution is 2.26. The van der Waals surface area contributed by atoms with Gasteiger partial charge in [-0.2, -0.15) is 0 Å². The van der Waals surface area contributed by atoms with Crippen LogP contribution in [0, 0.1) is 0 Å². The van der Waals surface area contributed by atoms with Gasteiger partial charge in [0.05, 0.1) is 11.2 Å². The van der Waals surface area contributed by atoms with E-state index in [9.17, 15) is 9.59 Å². The molecule has 0 bridgehead atoms. The first-order valence-corrected chi connectivity index (χ1v) is 9.62. The van der Waals surface area contributed by atoms with Crippen LogP contribution in [0.1, 0.15) is 6.92 Å². The molecule has 1 fully saturated rings. The first-order chi connectivity index (χ1) is 14.1. The minimum atomic E-state index is -0.146. The first kappa shape index (κ1) is 18.7. The summed E-state index contributed by atoms with van der Waals surface area (Å²) >= 11 is 0. The molecule has 3 amide bonds. The van der Waals surface area contributed by atoms with Gasteiger partial charge in [0.25, 0.3) is 0 Å². The van der Waals surface area contributed by atoms with Gasteiger partial charge in [0, 0.05) is 56.1 Å². The molecule has 0 radical (unpaired) electrons. The lowest BCUT2D eigenvalue weighted by atomic mass is 10.1. The average molecular weight is 389 g/mol. The molecule has 0 unspecified atom stereocenters. The zero-order valence-corrected chi connectivity index (χ0v) is 16.3. The van der Waals surface area contributed by atoms with Crippen LogP contribution >= 0.6 is 0 Å². The van der Waals surface area contributed by atoms with Gasteiger partial charge >= 0.3 is 6.03 Å². The number of benzene rings is 2. The van der Waals surface area contributed by atoms with Crippen molar-refractivity contribution >= 4 is 39.9 Å². The number of nitrogens with zero attached hydrogens (tertiary/aromatic N) is 3. The van der Waals surface area contributed by atoms with E-state index in [-0.39, 0.29) is 11.9 Å². The van der Waals surface area contributed by atoms with Crippen LogP contribution in [0.2, 0.25) is 0 Å². The fourth-order valence-corrected chi connectivity index (χ4v) is 3.57. The molecule has 0 saturated carbocycles. The Morgan fingerprint density at radius 3 is 2.34 bits per heavy atom. The minimum absolute atomic E-state index is 0.138. The predicted octanol–water partition coefficient (Wildman–Crippen LogP) is 3.55. The molecule has 1 aliphatic heterocycles. The predicted molar refractivity (Wildman–Crippen MR) is 115 cm³/mol. The van der Waals surface area contributed by atoms with Crippen molar-refractivity contribution in [1.82, 2.24) is 9.88 Å². The molecule has 0 aliphatic carbocycles. The lowest BCUT2D eigenvalue weighted by molar-refractivity contribution is -0.114. The Balaban J connectivity index is 1.39. The number of anilines is 3. The van der Waals surface area contributed by atoms with Gasteiger partial charge in [-0.05, 0) is 30.3 Å². The molecule has 1 aliphatic rings. The summed E-state index contributed by atoms with van der Waals surface area (Å²) in [6.07, 6.45) is 1.81. The van der Waals surface area contributed by atoms with Crippen LogP contribution in [0.5, 0.6) is 0 Å². The number of hydrogen-bond donors (Lipinski definition) is 2. The monoisotopic (exact) mass is 389 g/mol. The number of nitrogens with one attached hydrogen (secondary N) is 2. The second kappa shape index (κ2) is 8.18. The highest BCUT2D eigenvalue weighted by Gasteiger charge is 2.22. The second-order valence-electron chi connectivity index (χ2n) is 7.02. The second-order valence-corrected chi connectivity index (χ2v) is 7.02. The number of carbonyl (C=O) groups excluding carboxylic acids is 2. The molecule has 7 nitrogen and oxygen atoms in total. The highest BCUT2D eigenvalue weighted by molar-refractivity contribution is 5.93. The summed E-state index contributed by atoms with van der Waals surface area (Å²) in [6.45, 7) is 4.20. The van der Waals surface area contributed by atoms with E-state index in [4.69, 9.17) is 0 Å². The van der Waals surface area contributed by atoms with Crippen molar-refractivity contribution in [2.24, 2.45) is 0 Å². The summed E-state index contributed by atoms with van der Waals surface area (Å²) in [7, 11) is 0. The van der Waals surface area contributed by atoms with Crippen molar-refractivity contribution in [3.63, 3.8) is 0 Å². The van der Waals surface area contributed by atoms with Gasteiger partial charge in [-0.25, -0.2) is 4.79 Å². The Morgan fingerprint density at radius 1 is 0.897 bits per heavy atom. The van der Waals surface area contributed by atoms with E-state index >= 15 is 0 Å². The maximum absolute atomic E-state index is 12.7. The maximum Gasteiger partial charge on any atom is 0.321 e. The molecule has 3 aromatic rings. The average Bonchev–Trinajstić information content (AvgIpc) is 2.73. The number of fused-ring (bicyclic) bond motifs is 1. The smallest absolute Gasteiger partial charge is 0.321 e. The lowest BCUT2D eigenvalue weighted by Crippen LogP contribution is -2.50. The quantitative estimate of drug-likeness (QED) is 0.718. The normalized spacial score (nSPS) is 14.0. The summed E-state index contributed by atoms with van der Waals surface area (Å²) in [5, 5.41) is 6.75. The summed E-state index contributed by atoms with van der Waals surface area (Å²) in [5.41, 5.74) is 3.40. The zero-order valence-electron chi connectivity index (χ0n) is 16.3. The number of para-hydroxylation sites is 1. The summed E-state index contributed by atoms with van der Waals surface area (Å²) < 4.78 is 0. The van der Waals surface area contributed by atoms with Crippen molar-refractivity contribution in [3.8, 4) is 0 Å². The fourth-order valence-electron chi connectivity index (χ4n) is 3.57. The van der Waals surface area contributed by atoms with Crippen LogP contribution in [0.25, 0.3) is 10.9 Å². The van der Waals surface area contributed by atoms with Gasteiger partial charge in [-0.3, -0.25) is 9.78 Å². The summed E-state index contributed by atoms with van der Waals surface area (Å²) in [6, 6.07) is 17.2. The lowest BCUT2D eigenvalue weighted by Gasteiger charge is -2.36. The molecular formula is C22H23N5O2.